The number of amides is 1. The number of aryl methyl sites for hydroxylation is 1. The Balaban J connectivity index is 1.73. The Morgan fingerprint density at radius 2 is 2.05 bits per heavy atom. The molecule has 0 aliphatic carbocycles. The second-order valence-corrected chi connectivity index (χ2v) is 5.32. The predicted octanol–water partition coefficient (Wildman–Crippen LogP) is 1.88. The van der Waals surface area contributed by atoms with Crippen molar-refractivity contribution in [2.24, 2.45) is 0 Å². The number of fused-ring (bicyclic) bond motifs is 1. The number of carbonyl (C=O) groups excluding carboxylic acids is 2. The third-order valence-electron chi connectivity index (χ3n) is 3.13. The summed E-state index contributed by atoms with van der Waals surface area (Å²) in [6.07, 6.45) is 2.15. The van der Waals surface area contributed by atoms with Crippen LogP contribution in [0, 0.1) is 0 Å². The first-order valence-corrected chi connectivity index (χ1v) is 7.42. The standard InChI is InChI=1S/C16H21N3O3/c1-12(2)22-16(21)7-9-17-15(20)8-10-19-11-18-13-5-3-4-6-14(13)19/h3-6,11-12H,7-10H2,1-2H3,(H,17,20). The monoisotopic (exact) mass is 303 g/mol. The minimum Gasteiger partial charge on any atom is -0.463 e. The molecular weight excluding hydrogens is 282 g/mol. The van der Waals surface area contributed by atoms with E-state index in [0.717, 1.165) is 11.0 Å². The summed E-state index contributed by atoms with van der Waals surface area (Å²) in [7, 11) is 0. The molecular formula is C16H21N3O3. The molecule has 0 aliphatic rings. The van der Waals surface area contributed by atoms with Crippen LogP contribution in [0.25, 0.3) is 11.0 Å². The van der Waals surface area contributed by atoms with E-state index in [9.17, 15) is 9.59 Å². The van der Waals surface area contributed by atoms with Crippen molar-refractivity contribution in [1.82, 2.24) is 14.9 Å². The largest absolute Gasteiger partial charge is 0.463 e. The van der Waals surface area contributed by atoms with Crippen LogP contribution in [0.5, 0.6) is 0 Å². The first-order chi connectivity index (χ1) is 10.6. The van der Waals surface area contributed by atoms with Crippen LogP contribution in [0.4, 0.5) is 0 Å². The molecule has 0 radical (unpaired) electrons. The minimum atomic E-state index is -0.295. The van der Waals surface area contributed by atoms with E-state index in [1.165, 1.54) is 0 Å². The number of aromatic nitrogens is 2. The van der Waals surface area contributed by atoms with Crippen LogP contribution in [0.1, 0.15) is 26.7 Å². The summed E-state index contributed by atoms with van der Waals surface area (Å²) in [5.74, 6) is -0.383. The highest BCUT2D eigenvalue weighted by molar-refractivity contribution is 5.78. The molecule has 0 fully saturated rings. The van der Waals surface area contributed by atoms with Crippen molar-refractivity contribution in [2.45, 2.75) is 39.3 Å². The summed E-state index contributed by atoms with van der Waals surface area (Å²) in [4.78, 5) is 27.4. The average molecular weight is 303 g/mol. The van der Waals surface area contributed by atoms with Gasteiger partial charge in [0.1, 0.15) is 0 Å². The number of hydrogen-bond acceptors (Lipinski definition) is 4. The van der Waals surface area contributed by atoms with Gasteiger partial charge in [-0.05, 0) is 26.0 Å². The highest BCUT2D eigenvalue weighted by Gasteiger charge is 2.08. The molecule has 2 rings (SSSR count). The van der Waals surface area contributed by atoms with Gasteiger partial charge in [-0.15, -0.1) is 0 Å². The van der Waals surface area contributed by atoms with E-state index in [0.29, 0.717) is 19.5 Å². The van der Waals surface area contributed by atoms with Crippen LogP contribution in [0.3, 0.4) is 0 Å². The lowest BCUT2D eigenvalue weighted by molar-refractivity contribution is -0.147. The maximum atomic E-state index is 11.8. The lowest BCUT2D eigenvalue weighted by Gasteiger charge is -2.09. The van der Waals surface area contributed by atoms with Gasteiger partial charge in [0.25, 0.3) is 0 Å². The highest BCUT2D eigenvalue weighted by Crippen LogP contribution is 2.11. The van der Waals surface area contributed by atoms with E-state index in [-0.39, 0.29) is 24.4 Å². The third kappa shape index (κ3) is 4.58. The lowest BCUT2D eigenvalue weighted by atomic mass is 10.3. The second-order valence-electron chi connectivity index (χ2n) is 5.32. The number of hydrogen-bond donors (Lipinski definition) is 1. The Morgan fingerprint density at radius 1 is 1.27 bits per heavy atom. The van der Waals surface area contributed by atoms with Gasteiger partial charge >= 0.3 is 5.97 Å². The number of nitrogens with one attached hydrogen (secondary N) is 1. The Labute approximate surface area is 129 Å². The van der Waals surface area contributed by atoms with E-state index < -0.39 is 0 Å². The van der Waals surface area contributed by atoms with E-state index in [1.807, 2.05) is 28.8 Å². The van der Waals surface area contributed by atoms with Gasteiger partial charge in [-0.3, -0.25) is 9.59 Å². The third-order valence-corrected chi connectivity index (χ3v) is 3.13. The SMILES string of the molecule is CC(C)OC(=O)CCNC(=O)CCn1cnc2ccccc21. The molecule has 0 atom stereocenters. The zero-order chi connectivity index (χ0) is 15.9. The average Bonchev–Trinajstić information content (AvgIpc) is 2.87. The van der Waals surface area contributed by atoms with Gasteiger partial charge in [0, 0.05) is 19.5 Å². The van der Waals surface area contributed by atoms with E-state index in [1.54, 1.807) is 20.2 Å². The van der Waals surface area contributed by atoms with Crippen molar-refractivity contribution in [3.63, 3.8) is 0 Å². The molecule has 2 aromatic rings. The molecule has 1 N–H and O–H groups in total. The summed E-state index contributed by atoms with van der Waals surface area (Å²) < 4.78 is 6.94. The first-order valence-electron chi connectivity index (χ1n) is 7.42. The summed E-state index contributed by atoms with van der Waals surface area (Å²) in [5, 5.41) is 2.72. The van der Waals surface area contributed by atoms with Gasteiger partial charge in [-0.25, -0.2) is 4.98 Å². The molecule has 22 heavy (non-hydrogen) atoms. The fourth-order valence-electron chi connectivity index (χ4n) is 2.12. The van der Waals surface area contributed by atoms with Gasteiger partial charge in [0.05, 0.1) is 29.9 Å². The molecule has 1 aromatic carbocycles. The molecule has 6 heteroatoms. The maximum Gasteiger partial charge on any atom is 0.307 e. The van der Waals surface area contributed by atoms with Crippen molar-refractivity contribution in [3.8, 4) is 0 Å². The van der Waals surface area contributed by atoms with Crippen molar-refractivity contribution in [1.29, 1.82) is 0 Å². The Hall–Kier alpha value is -2.37. The number of esters is 1. The second kappa shape index (κ2) is 7.59. The summed E-state index contributed by atoms with van der Waals surface area (Å²) in [6, 6.07) is 7.79. The van der Waals surface area contributed by atoms with Gasteiger partial charge in [-0.1, -0.05) is 12.1 Å². The number of imidazole rings is 1. The van der Waals surface area contributed by atoms with Crippen molar-refractivity contribution in [2.75, 3.05) is 6.54 Å². The van der Waals surface area contributed by atoms with Crippen LogP contribution < -0.4 is 5.32 Å². The Morgan fingerprint density at radius 3 is 2.82 bits per heavy atom. The van der Waals surface area contributed by atoms with Crippen LogP contribution in [0.15, 0.2) is 30.6 Å². The van der Waals surface area contributed by atoms with E-state index in [4.69, 9.17) is 4.74 Å². The fraction of sp³-hybridized carbons (Fsp3) is 0.438. The molecule has 0 saturated heterocycles. The smallest absolute Gasteiger partial charge is 0.307 e. The normalized spacial score (nSPS) is 10.9. The van der Waals surface area contributed by atoms with Crippen molar-refractivity contribution >= 4 is 22.9 Å². The van der Waals surface area contributed by atoms with Crippen molar-refractivity contribution < 1.29 is 14.3 Å². The molecule has 1 amide bonds. The molecule has 6 nitrogen and oxygen atoms in total. The lowest BCUT2D eigenvalue weighted by Crippen LogP contribution is -2.27. The molecule has 1 aromatic heterocycles. The Bertz CT molecular complexity index is 649. The van der Waals surface area contributed by atoms with Gasteiger partial charge in [-0.2, -0.15) is 0 Å². The molecule has 1 heterocycles. The molecule has 0 aliphatic heterocycles. The molecule has 0 unspecified atom stereocenters. The van der Waals surface area contributed by atoms with Crippen LogP contribution in [-0.2, 0) is 20.9 Å². The fourth-order valence-corrected chi connectivity index (χ4v) is 2.12. The van der Waals surface area contributed by atoms with Gasteiger partial charge in [0.2, 0.25) is 5.91 Å². The van der Waals surface area contributed by atoms with Gasteiger partial charge < -0.3 is 14.6 Å². The topological polar surface area (TPSA) is 73.2 Å². The molecule has 0 bridgehead atoms. The van der Waals surface area contributed by atoms with Crippen LogP contribution in [-0.4, -0.2) is 34.1 Å². The summed E-state index contributed by atoms with van der Waals surface area (Å²) in [6.45, 7) is 4.45. The van der Waals surface area contributed by atoms with Crippen LogP contribution in [0.2, 0.25) is 0 Å². The number of rotatable bonds is 7. The number of nitrogens with zero attached hydrogens (tertiary/aromatic N) is 2. The number of ether oxygens (including phenoxy) is 1. The Kier molecular flexibility index (Phi) is 5.52. The quantitative estimate of drug-likeness (QED) is 0.793. The van der Waals surface area contributed by atoms with E-state index >= 15 is 0 Å². The minimum absolute atomic E-state index is 0.0878. The highest BCUT2D eigenvalue weighted by atomic mass is 16.5. The van der Waals surface area contributed by atoms with E-state index in [2.05, 4.69) is 10.3 Å². The molecule has 118 valence electrons. The molecule has 0 saturated carbocycles. The maximum absolute atomic E-state index is 11.8. The zero-order valence-corrected chi connectivity index (χ0v) is 12.9. The first kappa shape index (κ1) is 16.0. The zero-order valence-electron chi connectivity index (χ0n) is 12.9. The number of benzene rings is 1. The van der Waals surface area contributed by atoms with Crippen molar-refractivity contribution in [3.05, 3.63) is 30.6 Å². The number of carbonyl (C=O) groups is 2. The van der Waals surface area contributed by atoms with Crippen LogP contribution >= 0.6 is 0 Å². The van der Waals surface area contributed by atoms with Gasteiger partial charge in [0.15, 0.2) is 0 Å². The summed E-state index contributed by atoms with van der Waals surface area (Å²) in [5.41, 5.74) is 1.93. The number of para-hydroxylation sites is 2. The predicted molar refractivity (Wildman–Crippen MR) is 83.2 cm³/mol. The summed E-state index contributed by atoms with van der Waals surface area (Å²) >= 11 is 0. The molecule has 0 spiro atoms.